The Kier molecular flexibility index (Phi) is 5.87. The zero-order valence-electron chi connectivity index (χ0n) is 18.5. The first-order valence-electron chi connectivity index (χ1n) is 11.5. The number of carbonyl (C=O) groups excluding carboxylic acids is 2. The number of imidazole rings is 1. The number of aromatic nitrogens is 2. The lowest BCUT2D eigenvalue weighted by atomic mass is 9.95. The van der Waals surface area contributed by atoms with Crippen molar-refractivity contribution < 1.29 is 19.1 Å². The number of fused-ring (bicyclic) bond motifs is 1. The van der Waals surface area contributed by atoms with Crippen molar-refractivity contribution in [2.45, 2.75) is 44.9 Å². The van der Waals surface area contributed by atoms with Crippen LogP contribution in [0.5, 0.6) is 5.75 Å². The van der Waals surface area contributed by atoms with E-state index in [2.05, 4.69) is 4.98 Å². The van der Waals surface area contributed by atoms with Gasteiger partial charge in [-0.25, -0.2) is 4.98 Å². The number of likely N-dealkylation sites (tertiary alicyclic amines) is 2. The maximum Gasteiger partial charge on any atom is 0.274 e. The van der Waals surface area contributed by atoms with Crippen LogP contribution in [0.2, 0.25) is 0 Å². The number of hydrogen-bond donors (Lipinski definition) is 0. The van der Waals surface area contributed by atoms with E-state index in [4.69, 9.17) is 9.47 Å². The summed E-state index contributed by atoms with van der Waals surface area (Å²) in [6.07, 6.45) is 5.33. The molecule has 5 rings (SSSR count). The van der Waals surface area contributed by atoms with Gasteiger partial charge in [-0.1, -0.05) is 12.1 Å². The van der Waals surface area contributed by atoms with Crippen LogP contribution in [0.15, 0.2) is 30.6 Å². The van der Waals surface area contributed by atoms with Gasteiger partial charge >= 0.3 is 0 Å². The molecule has 4 heterocycles. The van der Waals surface area contributed by atoms with E-state index in [1.807, 2.05) is 38.6 Å². The third kappa shape index (κ3) is 3.99. The van der Waals surface area contributed by atoms with E-state index < -0.39 is 0 Å². The molecule has 3 aliphatic heterocycles. The van der Waals surface area contributed by atoms with Gasteiger partial charge in [-0.2, -0.15) is 0 Å². The monoisotopic (exact) mass is 438 g/mol. The molecule has 0 N–H and O–H groups in total. The molecule has 8 nitrogen and oxygen atoms in total. The Bertz CT molecular complexity index is 972. The minimum atomic E-state index is -0.0853. The molecule has 170 valence electrons. The summed E-state index contributed by atoms with van der Waals surface area (Å²) < 4.78 is 13.3. The van der Waals surface area contributed by atoms with E-state index in [0.29, 0.717) is 31.9 Å². The largest absolute Gasteiger partial charge is 0.497 e. The summed E-state index contributed by atoms with van der Waals surface area (Å²) in [5.41, 5.74) is 2.38. The first-order valence-corrected chi connectivity index (χ1v) is 11.5. The fourth-order valence-electron chi connectivity index (χ4n) is 5.00. The van der Waals surface area contributed by atoms with Gasteiger partial charge in [0.2, 0.25) is 5.91 Å². The molecule has 3 aliphatic rings. The summed E-state index contributed by atoms with van der Waals surface area (Å²) in [5.74, 6) is 1.07. The standard InChI is InChI=1S/C24H30N4O4/c1-31-19-6-4-17(5-7-19)21-14-28-16-25-22(20(28)15-32-21)24(30)27-12-8-18(9-13-27)23(29)26-10-2-3-11-26/h4-7,16,18,21H,2-3,8-15H2,1H3/t21-/m0/s1. The normalized spacial score (nSPS) is 21.5. The molecule has 0 bridgehead atoms. The van der Waals surface area contributed by atoms with Crippen LogP contribution in [0.1, 0.15) is 53.5 Å². The van der Waals surface area contributed by atoms with Crippen LogP contribution >= 0.6 is 0 Å². The summed E-state index contributed by atoms with van der Waals surface area (Å²) in [7, 11) is 1.65. The number of carbonyl (C=O) groups is 2. The molecule has 2 fully saturated rings. The Balaban J connectivity index is 1.21. The molecule has 8 heteroatoms. The number of piperidine rings is 1. The Morgan fingerprint density at radius 3 is 2.44 bits per heavy atom. The average molecular weight is 439 g/mol. The Morgan fingerprint density at radius 1 is 1.03 bits per heavy atom. The highest BCUT2D eigenvalue weighted by molar-refractivity contribution is 5.93. The molecule has 1 atom stereocenters. The van der Waals surface area contributed by atoms with Crippen LogP contribution < -0.4 is 4.74 Å². The molecular weight excluding hydrogens is 408 g/mol. The van der Waals surface area contributed by atoms with Crippen molar-refractivity contribution in [3.05, 3.63) is 47.5 Å². The van der Waals surface area contributed by atoms with Gasteiger partial charge in [0, 0.05) is 32.1 Å². The van der Waals surface area contributed by atoms with Crippen molar-refractivity contribution in [1.82, 2.24) is 19.4 Å². The highest BCUT2D eigenvalue weighted by atomic mass is 16.5. The molecule has 0 spiro atoms. The van der Waals surface area contributed by atoms with Gasteiger partial charge in [0.05, 0.1) is 32.3 Å². The van der Waals surface area contributed by atoms with Crippen molar-refractivity contribution in [2.24, 2.45) is 5.92 Å². The Morgan fingerprint density at radius 2 is 1.75 bits per heavy atom. The van der Waals surface area contributed by atoms with Crippen LogP contribution in [0.3, 0.4) is 0 Å². The fourth-order valence-corrected chi connectivity index (χ4v) is 5.00. The van der Waals surface area contributed by atoms with Crippen molar-refractivity contribution in [1.29, 1.82) is 0 Å². The van der Waals surface area contributed by atoms with Crippen molar-refractivity contribution in [2.75, 3.05) is 33.3 Å². The highest BCUT2D eigenvalue weighted by Gasteiger charge is 2.34. The van der Waals surface area contributed by atoms with Gasteiger partial charge in [-0.15, -0.1) is 0 Å². The van der Waals surface area contributed by atoms with Crippen LogP contribution in [0, 0.1) is 5.92 Å². The van der Waals surface area contributed by atoms with Gasteiger partial charge in [0.1, 0.15) is 11.9 Å². The van der Waals surface area contributed by atoms with Crippen LogP contribution in [0.25, 0.3) is 0 Å². The zero-order chi connectivity index (χ0) is 22.1. The number of ether oxygens (including phenoxy) is 2. The van der Waals surface area contributed by atoms with Crippen molar-refractivity contribution >= 4 is 11.8 Å². The molecule has 1 aromatic carbocycles. The summed E-state index contributed by atoms with van der Waals surface area (Å²) >= 11 is 0. The first kappa shape index (κ1) is 21.0. The van der Waals surface area contributed by atoms with Gasteiger partial charge in [0.25, 0.3) is 5.91 Å². The van der Waals surface area contributed by atoms with Crippen molar-refractivity contribution in [3.63, 3.8) is 0 Å². The Hall–Kier alpha value is -2.87. The topological polar surface area (TPSA) is 76.9 Å². The molecule has 2 aromatic rings. The molecule has 1 aromatic heterocycles. The second-order valence-electron chi connectivity index (χ2n) is 8.86. The number of rotatable bonds is 4. The molecule has 0 saturated carbocycles. The van der Waals surface area contributed by atoms with Crippen molar-refractivity contribution in [3.8, 4) is 5.75 Å². The predicted octanol–water partition coefficient (Wildman–Crippen LogP) is 2.64. The van der Waals surface area contributed by atoms with E-state index in [0.717, 1.165) is 55.8 Å². The number of amides is 2. The summed E-state index contributed by atoms with van der Waals surface area (Å²) in [5, 5.41) is 0. The second-order valence-corrected chi connectivity index (χ2v) is 8.86. The number of hydrogen-bond acceptors (Lipinski definition) is 5. The zero-order valence-corrected chi connectivity index (χ0v) is 18.5. The summed E-state index contributed by atoms with van der Waals surface area (Å²) in [4.78, 5) is 34.1. The van der Waals surface area contributed by atoms with Crippen LogP contribution in [-0.2, 0) is 22.7 Å². The first-order chi connectivity index (χ1) is 15.6. The van der Waals surface area contributed by atoms with E-state index in [1.165, 1.54) is 0 Å². The lowest BCUT2D eigenvalue weighted by Crippen LogP contribution is -2.44. The van der Waals surface area contributed by atoms with Gasteiger partial charge in [0.15, 0.2) is 5.69 Å². The maximum atomic E-state index is 13.2. The fraction of sp³-hybridized carbons (Fsp3) is 0.542. The van der Waals surface area contributed by atoms with Gasteiger partial charge in [-0.3, -0.25) is 9.59 Å². The lowest BCUT2D eigenvalue weighted by Gasteiger charge is -2.33. The number of benzene rings is 1. The highest BCUT2D eigenvalue weighted by Crippen LogP contribution is 2.30. The third-order valence-corrected chi connectivity index (χ3v) is 6.97. The third-order valence-electron chi connectivity index (χ3n) is 6.97. The number of methoxy groups -OCH3 is 1. The van der Waals surface area contributed by atoms with E-state index in [-0.39, 0.29) is 23.8 Å². The summed E-state index contributed by atoms with van der Waals surface area (Å²) in [6, 6.07) is 7.86. The second kappa shape index (κ2) is 8.94. The van der Waals surface area contributed by atoms with Gasteiger partial charge < -0.3 is 23.8 Å². The summed E-state index contributed by atoms with van der Waals surface area (Å²) in [6.45, 7) is 3.94. The molecule has 32 heavy (non-hydrogen) atoms. The molecular formula is C24H30N4O4. The minimum absolute atomic E-state index is 0.0432. The molecule has 0 unspecified atom stereocenters. The molecule has 2 saturated heterocycles. The minimum Gasteiger partial charge on any atom is -0.497 e. The maximum absolute atomic E-state index is 13.2. The smallest absolute Gasteiger partial charge is 0.274 e. The quantitative estimate of drug-likeness (QED) is 0.734. The predicted molar refractivity (Wildman–Crippen MR) is 117 cm³/mol. The van der Waals surface area contributed by atoms with Gasteiger partial charge in [-0.05, 0) is 43.4 Å². The Labute approximate surface area is 188 Å². The van der Waals surface area contributed by atoms with E-state index in [1.54, 1.807) is 13.4 Å². The molecule has 2 amide bonds. The van der Waals surface area contributed by atoms with Crippen LogP contribution in [-0.4, -0.2) is 64.5 Å². The van der Waals surface area contributed by atoms with Crippen LogP contribution in [0.4, 0.5) is 0 Å². The SMILES string of the molecule is COc1ccc([C@@H]2Cn3cnc(C(=O)N4CCC(C(=O)N5CCCC5)CC4)c3CO2)cc1. The number of nitrogens with zero attached hydrogens (tertiary/aromatic N) is 4. The van der Waals surface area contributed by atoms with E-state index in [9.17, 15) is 9.59 Å². The average Bonchev–Trinajstić information content (AvgIpc) is 3.53. The molecule has 0 aliphatic carbocycles. The molecule has 0 radical (unpaired) electrons. The lowest BCUT2D eigenvalue weighted by molar-refractivity contribution is -0.135. The van der Waals surface area contributed by atoms with E-state index >= 15 is 0 Å².